The Morgan fingerprint density at radius 2 is 1.84 bits per heavy atom. The predicted octanol–water partition coefficient (Wildman–Crippen LogP) is 1.69. The summed E-state index contributed by atoms with van der Waals surface area (Å²) in [6.45, 7) is 5.62. The van der Waals surface area contributed by atoms with E-state index >= 15 is 0 Å². The van der Waals surface area contributed by atoms with Gasteiger partial charge >= 0.3 is 5.97 Å². The lowest BCUT2D eigenvalue weighted by molar-refractivity contribution is -0.296. The fourth-order valence-electron chi connectivity index (χ4n) is 4.20. The van der Waals surface area contributed by atoms with Crippen LogP contribution in [0.5, 0.6) is 0 Å². The zero-order chi connectivity index (χ0) is 18.3. The summed E-state index contributed by atoms with van der Waals surface area (Å²) >= 11 is 0. The largest absolute Gasteiger partial charge is 0.479 e. The highest BCUT2D eigenvalue weighted by atomic mass is 16.7. The van der Waals surface area contributed by atoms with Crippen LogP contribution in [-0.4, -0.2) is 59.0 Å². The van der Waals surface area contributed by atoms with Gasteiger partial charge in [-0.15, -0.1) is 0 Å². The van der Waals surface area contributed by atoms with Crippen LogP contribution in [0.2, 0.25) is 0 Å². The zero-order valence-corrected chi connectivity index (χ0v) is 14.6. The minimum Gasteiger partial charge on any atom is -0.479 e. The number of hydrogen-bond acceptors (Lipinski definition) is 6. The van der Waals surface area contributed by atoms with Crippen LogP contribution in [0, 0.1) is 17.8 Å². The third-order valence-electron chi connectivity index (χ3n) is 6.00. The van der Waals surface area contributed by atoms with Crippen molar-refractivity contribution in [2.75, 3.05) is 0 Å². The molecule has 0 amide bonds. The van der Waals surface area contributed by atoms with Crippen LogP contribution in [-0.2, 0) is 19.0 Å². The Kier molecular flexibility index (Phi) is 5.22. The van der Waals surface area contributed by atoms with E-state index in [-0.39, 0.29) is 42.1 Å². The van der Waals surface area contributed by atoms with Crippen LogP contribution in [0.15, 0.2) is 5.11 Å². The summed E-state index contributed by atoms with van der Waals surface area (Å²) in [5, 5.41) is 23.3. The number of carbonyl (C=O) groups is 1. The maximum Gasteiger partial charge on any atom is 0.335 e. The Balaban J connectivity index is 1.77. The van der Waals surface area contributed by atoms with Crippen LogP contribution in [0.3, 0.4) is 0 Å². The number of aliphatic carboxylic acids is 1. The van der Waals surface area contributed by atoms with Gasteiger partial charge in [0.15, 0.2) is 12.4 Å². The van der Waals surface area contributed by atoms with Gasteiger partial charge in [-0.3, -0.25) is 0 Å². The van der Waals surface area contributed by atoms with Gasteiger partial charge in [0, 0.05) is 10.8 Å². The molecule has 0 aromatic carbocycles. The molecule has 9 heteroatoms. The summed E-state index contributed by atoms with van der Waals surface area (Å²) < 4.78 is 17.7. The molecule has 3 aliphatic rings. The highest BCUT2D eigenvalue weighted by Crippen LogP contribution is 2.42. The van der Waals surface area contributed by atoms with Crippen molar-refractivity contribution in [3.63, 3.8) is 0 Å². The van der Waals surface area contributed by atoms with Crippen molar-refractivity contribution in [1.82, 2.24) is 0 Å². The molecule has 3 saturated heterocycles. The molecule has 140 valence electrons. The number of hydrogen-bond donors (Lipinski definition) is 2. The average molecular weight is 355 g/mol. The number of ether oxygens (including phenoxy) is 3. The van der Waals surface area contributed by atoms with Gasteiger partial charge in [0.05, 0.1) is 30.5 Å². The topological polar surface area (TPSA) is 134 Å². The van der Waals surface area contributed by atoms with Crippen LogP contribution in [0.4, 0.5) is 0 Å². The van der Waals surface area contributed by atoms with E-state index in [0.29, 0.717) is 0 Å². The number of aliphatic hydroxyl groups is 1. The molecule has 0 aliphatic carbocycles. The van der Waals surface area contributed by atoms with Gasteiger partial charge in [0.25, 0.3) is 0 Å². The van der Waals surface area contributed by atoms with Gasteiger partial charge in [-0.2, -0.15) is 0 Å². The molecule has 0 spiro atoms. The molecule has 3 aliphatic heterocycles. The number of fused-ring (bicyclic) bond motifs is 2. The first kappa shape index (κ1) is 18.4. The number of aliphatic hydroxyl groups excluding tert-OH is 1. The quantitative estimate of drug-likeness (QED) is 0.448. The second-order valence-electron chi connectivity index (χ2n) is 7.42. The molecule has 2 N–H and O–H groups in total. The second kappa shape index (κ2) is 7.09. The Bertz CT molecular complexity index is 568. The Morgan fingerprint density at radius 1 is 1.16 bits per heavy atom. The van der Waals surface area contributed by atoms with Crippen molar-refractivity contribution in [2.45, 2.75) is 76.5 Å². The van der Waals surface area contributed by atoms with Crippen LogP contribution in [0.25, 0.3) is 10.4 Å². The van der Waals surface area contributed by atoms with Crippen LogP contribution >= 0.6 is 0 Å². The molecule has 0 aromatic rings. The van der Waals surface area contributed by atoms with Crippen LogP contribution < -0.4 is 0 Å². The van der Waals surface area contributed by atoms with Gasteiger partial charge in [-0.1, -0.05) is 25.9 Å². The number of rotatable bonds is 4. The first-order valence-corrected chi connectivity index (χ1v) is 8.76. The fourth-order valence-corrected chi connectivity index (χ4v) is 4.20. The third-order valence-corrected chi connectivity index (χ3v) is 6.00. The molecule has 3 fully saturated rings. The lowest BCUT2D eigenvalue weighted by Crippen LogP contribution is -2.56. The molecule has 25 heavy (non-hydrogen) atoms. The fraction of sp³-hybridized carbons (Fsp3) is 0.938. The van der Waals surface area contributed by atoms with E-state index in [1.54, 1.807) is 6.92 Å². The highest BCUT2D eigenvalue weighted by molar-refractivity contribution is 5.73. The molecule has 3 rings (SSSR count). The highest BCUT2D eigenvalue weighted by Gasteiger charge is 2.51. The molecule has 3 unspecified atom stereocenters. The van der Waals surface area contributed by atoms with E-state index in [1.165, 1.54) is 0 Å². The summed E-state index contributed by atoms with van der Waals surface area (Å²) in [5.41, 5.74) is 8.82. The Labute approximate surface area is 145 Å². The van der Waals surface area contributed by atoms with Crippen molar-refractivity contribution in [3.8, 4) is 0 Å². The predicted molar refractivity (Wildman–Crippen MR) is 85.5 cm³/mol. The Hall–Kier alpha value is -1.38. The summed E-state index contributed by atoms with van der Waals surface area (Å²) in [4.78, 5) is 14.3. The number of azide groups is 1. The minimum atomic E-state index is -1.32. The lowest BCUT2D eigenvalue weighted by atomic mass is 9.84. The standard InChI is InChI=1S/C16H25N3O6/c1-6-7(2)16(25-14(12(6)20)15(21)22)24-13-8(3)11(18-19-17)9-4-5-10(13)23-9/h6-14,16,20H,4-5H2,1-3H3,(H,21,22)/t6-,7?,8-,9+,10?,11?,12+,13+,14-,16-/m1/s1. The second-order valence-corrected chi connectivity index (χ2v) is 7.42. The van der Waals surface area contributed by atoms with Crippen molar-refractivity contribution in [1.29, 1.82) is 0 Å². The first-order chi connectivity index (χ1) is 11.8. The maximum absolute atomic E-state index is 11.4. The van der Waals surface area contributed by atoms with Gasteiger partial charge in [-0.05, 0) is 30.2 Å². The summed E-state index contributed by atoms with van der Waals surface area (Å²) in [5.74, 6) is -1.75. The molecule has 9 nitrogen and oxygen atoms in total. The third kappa shape index (κ3) is 3.22. The van der Waals surface area contributed by atoms with Gasteiger partial charge in [0.1, 0.15) is 0 Å². The van der Waals surface area contributed by atoms with Gasteiger partial charge in [0.2, 0.25) is 0 Å². The van der Waals surface area contributed by atoms with Crippen molar-refractivity contribution in [2.24, 2.45) is 22.9 Å². The smallest absolute Gasteiger partial charge is 0.335 e. The van der Waals surface area contributed by atoms with E-state index in [4.69, 9.17) is 19.7 Å². The van der Waals surface area contributed by atoms with E-state index in [2.05, 4.69) is 10.0 Å². The molecule has 0 aromatic heterocycles. The van der Waals surface area contributed by atoms with Gasteiger partial charge in [-0.25, -0.2) is 4.79 Å². The summed E-state index contributed by atoms with van der Waals surface area (Å²) in [6.07, 6.45) is -2.11. The number of carboxylic acid groups (broad SMARTS) is 1. The first-order valence-electron chi connectivity index (χ1n) is 8.76. The van der Waals surface area contributed by atoms with E-state index in [1.807, 2.05) is 13.8 Å². The van der Waals surface area contributed by atoms with E-state index < -0.39 is 24.5 Å². The summed E-state index contributed by atoms with van der Waals surface area (Å²) in [7, 11) is 0. The lowest BCUT2D eigenvalue weighted by Gasteiger charge is -2.45. The van der Waals surface area contributed by atoms with E-state index in [9.17, 15) is 15.0 Å². The maximum atomic E-state index is 11.4. The normalized spacial score (nSPS) is 49.4. The molecular weight excluding hydrogens is 330 g/mol. The van der Waals surface area contributed by atoms with Crippen LogP contribution in [0.1, 0.15) is 33.6 Å². The van der Waals surface area contributed by atoms with E-state index in [0.717, 1.165) is 12.8 Å². The number of carboxylic acids is 1. The molecule has 3 heterocycles. The zero-order valence-electron chi connectivity index (χ0n) is 14.6. The molecule has 0 saturated carbocycles. The average Bonchev–Trinajstić information content (AvgIpc) is 3.01. The summed E-state index contributed by atoms with van der Waals surface area (Å²) in [6, 6.07) is -0.314. The molecule has 2 bridgehead atoms. The van der Waals surface area contributed by atoms with Crippen molar-refractivity contribution >= 4 is 5.97 Å². The number of nitrogens with zero attached hydrogens (tertiary/aromatic N) is 3. The minimum absolute atomic E-state index is 0.0663. The Morgan fingerprint density at radius 3 is 2.48 bits per heavy atom. The van der Waals surface area contributed by atoms with Crippen molar-refractivity contribution in [3.05, 3.63) is 10.4 Å². The van der Waals surface area contributed by atoms with Gasteiger partial charge < -0.3 is 24.4 Å². The SMILES string of the molecule is CC1[C@H](O[C@@H]2C3CC[C@H](O3)C(N=[N+]=[N-])[C@H]2C)O[C@@H](C(=O)O)[C@@H](O)[C@@H]1C. The molecule has 10 atom stereocenters. The molecule has 0 radical (unpaired) electrons. The molecular formula is C16H25N3O6. The van der Waals surface area contributed by atoms with Crippen molar-refractivity contribution < 1.29 is 29.2 Å². The monoisotopic (exact) mass is 355 g/mol.